The minimum atomic E-state index is 0.168. The molecule has 1 aromatic heterocycles. The first-order chi connectivity index (χ1) is 11.6. The van der Waals surface area contributed by atoms with Gasteiger partial charge in [-0.05, 0) is 47.9 Å². The van der Waals surface area contributed by atoms with E-state index in [1.165, 1.54) is 11.1 Å². The lowest BCUT2D eigenvalue weighted by molar-refractivity contribution is 0.247. The fraction of sp³-hybridized carbons (Fsp3) is 0.286. The van der Waals surface area contributed by atoms with Crippen molar-refractivity contribution in [2.45, 2.75) is 32.7 Å². The number of hydrogen-bond donors (Lipinski definition) is 0. The summed E-state index contributed by atoms with van der Waals surface area (Å²) >= 11 is 5.99. The predicted molar refractivity (Wildman–Crippen MR) is 100 cm³/mol. The highest BCUT2D eigenvalue weighted by atomic mass is 35.5. The van der Waals surface area contributed by atoms with E-state index in [1.807, 2.05) is 30.9 Å². The van der Waals surface area contributed by atoms with Gasteiger partial charge in [0.1, 0.15) is 0 Å². The van der Waals surface area contributed by atoms with E-state index in [0.717, 1.165) is 30.8 Å². The Morgan fingerprint density at radius 3 is 2.42 bits per heavy atom. The molecule has 3 rings (SSSR count). The fourth-order valence-electron chi connectivity index (χ4n) is 3.23. The maximum atomic E-state index is 5.99. The minimum Gasteiger partial charge on any atom is -0.337 e. The number of hydrogen-bond acceptors (Lipinski definition) is 1. The Bertz CT molecular complexity index is 735. The Labute approximate surface area is 149 Å². The number of rotatable bonds is 7. The molecule has 0 aliphatic carbocycles. The van der Waals surface area contributed by atoms with Gasteiger partial charge in [-0.15, -0.1) is 0 Å². The van der Waals surface area contributed by atoms with Crippen molar-refractivity contribution in [3.05, 3.63) is 89.5 Å². The maximum absolute atomic E-state index is 5.99. The largest absolute Gasteiger partial charge is 0.337 e. The smallest absolute Gasteiger partial charge is 0.0946 e. The van der Waals surface area contributed by atoms with E-state index < -0.39 is 0 Å². The van der Waals surface area contributed by atoms with Crippen LogP contribution >= 0.6 is 11.6 Å². The van der Waals surface area contributed by atoms with Gasteiger partial charge in [-0.25, -0.2) is 4.98 Å². The van der Waals surface area contributed by atoms with Gasteiger partial charge in [-0.1, -0.05) is 61.0 Å². The number of aryl methyl sites for hydroxylation is 1. The molecule has 3 aromatic rings. The SMILES string of the molecule is CC(CCc1ccc(Cl)cc1)(Cc1ccccc1)Cn1ccnc1. The zero-order valence-corrected chi connectivity index (χ0v) is 14.8. The molecule has 0 amide bonds. The Hall–Kier alpha value is -2.06. The molecule has 0 saturated carbocycles. The molecule has 1 heterocycles. The summed E-state index contributed by atoms with van der Waals surface area (Å²) < 4.78 is 2.19. The molecule has 0 radical (unpaired) electrons. The Morgan fingerprint density at radius 1 is 1.00 bits per heavy atom. The van der Waals surface area contributed by atoms with Crippen molar-refractivity contribution in [1.82, 2.24) is 9.55 Å². The van der Waals surface area contributed by atoms with E-state index in [-0.39, 0.29) is 5.41 Å². The van der Waals surface area contributed by atoms with Crippen molar-refractivity contribution in [2.75, 3.05) is 0 Å². The van der Waals surface area contributed by atoms with Gasteiger partial charge in [-0.2, -0.15) is 0 Å². The molecule has 24 heavy (non-hydrogen) atoms. The first-order valence-electron chi connectivity index (χ1n) is 8.37. The van der Waals surface area contributed by atoms with Gasteiger partial charge in [0.2, 0.25) is 0 Å². The van der Waals surface area contributed by atoms with Crippen molar-refractivity contribution in [2.24, 2.45) is 5.41 Å². The summed E-state index contributed by atoms with van der Waals surface area (Å²) in [6.07, 6.45) is 9.02. The zero-order chi connectivity index (χ0) is 16.8. The van der Waals surface area contributed by atoms with Gasteiger partial charge in [0.15, 0.2) is 0 Å². The lowest BCUT2D eigenvalue weighted by atomic mass is 9.78. The quantitative estimate of drug-likeness (QED) is 0.562. The standard InChI is InChI=1S/C21H23ClN2/c1-21(16-24-14-13-23-17-24,15-19-5-3-2-4-6-19)12-11-18-7-9-20(22)10-8-18/h2-10,13-14,17H,11-12,15-16H2,1H3. The van der Waals surface area contributed by atoms with Gasteiger partial charge in [0, 0.05) is 24.0 Å². The second kappa shape index (κ2) is 7.67. The molecule has 2 nitrogen and oxygen atoms in total. The normalized spacial score (nSPS) is 13.6. The number of benzene rings is 2. The van der Waals surface area contributed by atoms with Crippen molar-refractivity contribution in [3.63, 3.8) is 0 Å². The first kappa shape index (κ1) is 16.8. The Morgan fingerprint density at radius 2 is 1.75 bits per heavy atom. The highest BCUT2D eigenvalue weighted by molar-refractivity contribution is 6.30. The van der Waals surface area contributed by atoms with Crippen molar-refractivity contribution in [1.29, 1.82) is 0 Å². The molecule has 3 heteroatoms. The van der Waals surface area contributed by atoms with Crippen LogP contribution in [0.2, 0.25) is 5.02 Å². The summed E-state index contributed by atoms with van der Waals surface area (Å²) in [7, 11) is 0. The summed E-state index contributed by atoms with van der Waals surface area (Å²) in [5.74, 6) is 0. The second-order valence-corrected chi connectivity index (χ2v) is 7.27. The zero-order valence-electron chi connectivity index (χ0n) is 14.0. The van der Waals surface area contributed by atoms with Crippen molar-refractivity contribution in [3.8, 4) is 0 Å². The summed E-state index contributed by atoms with van der Waals surface area (Å²) in [6.45, 7) is 3.34. The van der Waals surface area contributed by atoms with Crippen LogP contribution in [0.3, 0.4) is 0 Å². The molecule has 1 atom stereocenters. The molecule has 1 unspecified atom stereocenters. The van der Waals surface area contributed by atoms with Gasteiger partial charge in [0.05, 0.1) is 6.33 Å². The van der Waals surface area contributed by atoms with Crippen LogP contribution in [0.5, 0.6) is 0 Å². The monoisotopic (exact) mass is 338 g/mol. The van der Waals surface area contributed by atoms with Gasteiger partial charge < -0.3 is 4.57 Å². The Kier molecular flexibility index (Phi) is 5.37. The highest BCUT2D eigenvalue weighted by Gasteiger charge is 2.25. The molecule has 0 spiro atoms. The van der Waals surface area contributed by atoms with E-state index in [0.29, 0.717) is 0 Å². The molecule has 0 aliphatic rings. The van der Waals surface area contributed by atoms with Crippen molar-refractivity contribution >= 4 is 11.6 Å². The minimum absolute atomic E-state index is 0.168. The van der Waals surface area contributed by atoms with Crippen LogP contribution in [0.15, 0.2) is 73.3 Å². The second-order valence-electron chi connectivity index (χ2n) is 6.83. The van der Waals surface area contributed by atoms with Gasteiger partial charge in [0.25, 0.3) is 0 Å². The molecular weight excluding hydrogens is 316 g/mol. The van der Waals surface area contributed by atoms with Crippen LogP contribution in [-0.4, -0.2) is 9.55 Å². The molecule has 0 N–H and O–H groups in total. The summed E-state index contributed by atoms with van der Waals surface area (Å²) in [5.41, 5.74) is 2.89. The molecule has 0 fully saturated rings. The molecule has 0 bridgehead atoms. The van der Waals surface area contributed by atoms with Crippen LogP contribution in [0.1, 0.15) is 24.5 Å². The lowest BCUT2D eigenvalue weighted by Gasteiger charge is -2.30. The number of halogens is 1. The summed E-state index contributed by atoms with van der Waals surface area (Å²) in [4.78, 5) is 4.19. The van der Waals surface area contributed by atoms with E-state index in [9.17, 15) is 0 Å². The molecule has 0 aliphatic heterocycles. The van der Waals surface area contributed by atoms with Gasteiger partial charge in [-0.3, -0.25) is 0 Å². The van der Waals surface area contributed by atoms with E-state index >= 15 is 0 Å². The number of imidazole rings is 1. The van der Waals surface area contributed by atoms with Crippen LogP contribution in [0, 0.1) is 5.41 Å². The third-order valence-corrected chi connectivity index (χ3v) is 4.78. The molecule has 0 saturated heterocycles. The highest BCUT2D eigenvalue weighted by Crippen LogP contribution is 2.31. The molecular formula is C21H23ClN2. The van der Waals surface area contributed by atoms with Crippen LogP contribution < -0.4 is 0 Å². The average molecular weight is 339 g/mol. The third kappa shape index (κ3) is 4.72. The van der Waals surface area contributed by atoms with E-state index in [2.05, 4.69) is 58.9 Å². The maximum Gasteiger partial charge on any atom is 0.0946 e. The molecule has 124 valence electrons. The number of nitrogens with zero attached hydrogens (tertiary/aromatic N) is 2. The van der Waals surface area contributed by atoms with Crippen LogP contribution in [0.4, 0.5) is 0 Å². The Balaban J connectivity index is 1.74. The first-order valence-corrected chi connectivity index (χ1v) is 8.75. The third-order valence-electron chi connectivity index (χ3n) is 4.53. The van der Waals surface area contributed by atoms with Crippen LogP contribution in [0.25, 0.3) is 0 Å². The topological polar surface area (TPSA) is 17.8 Å². The van der Waals surface area contributed by atoms with Crippen molar-refractivity contribution < 1.29 is 0 Å². The molecule has 2 aromatic carbocycles. The van der Waals surface area contributed by atoms with E-state index in [1.54, 1.807) is 0 Å². The van der Waals surface area contributed by atoms with Crippen LogP contribution in [-0.2, 0) is 19.4 Å². The number of aromatic nitrogens is 2. The summed E-state index contributed by atoms with van der Waals surface area (Å²) in [5, 5.41) is 0.796. The predicted octanol–water partition coefficient (Wildman–Crippen LogP) is 5.42. The fourth-order valence-corrected chi connectivity index (χ4v) is 3.36. The van der Waals surface area contributed by atoms with Gasteiger partial charge >= 0.3 is 0 Å². The average Bonchev–Trinajstić information content (AvgIpc) is 3.08. The lowest BCUT2D eigenvalue weighted by Crippen LogP contribution is -2.26. The summed E-state index contributed by atoms with van der Waals surface area (Å²) in [6, 6.07) is 18.9. The van der Waals surface area contributed by atoms with E-state index in [4.69, 9.17) is 11.6 Å².